The highest BCUT2D eigenvalue weighted by Crippen LogP contribution is 2.11. The van der Waals surface area contributed by atoms with E-state index < -0.39 is 36.2 Å². The first-order valence-corrected chi connectivity index (χ1v) is 5.90. The molecule has 1 rings (SSSR count). The number of rotatable bonds is 7. The lowest BCUT2D eigenvalue weighted by Crippen LogP contribution is -2.41. The van der Waals surface area contributed by atoms with Crippen LogP contribution in [0.1, 0.15) is 12.0 Å². The summed E-state index contributed by atoms with van der Waals surface area (Å²) in [5.74, 6) is -4.73. The average molecular weight is 280 g/mol. The molecule has 20 heavy (non-hydrogen) atoms. The quantitative estimate of drug-likeness (QED) is 0.461. The molecule has 1 aromatic rings. The molecule has 0 aliphatic rings. The Morgan fingerprint density at radius 2 is 1.80 bits per heavy atom. The minimum atomic E-state index is -1.51. The number of carbonyl (C=O) groups is 3. The molecule has 0 aliphatic carbocycles. The average Bonchev–Trinajstić information content (AvgIpc) is 2.42. The van der Waals surface area contributed by atoms with Gasteiger partial charge < -0.3 is 21.3 Å². The van der Waals surface area contributed by atoms with Crippen molar-refractivity contribution in [3.8, 4) is 0 Å². The van der Waals surface area contributed by atoms with Gasteiger partial charge in [-0.25, -0.2) is 0 Å². The van der Waals surface area contributed by atoms with Crippen molar-refractivity contribution in [3.05, 3.63) is 35.9 Å². The van der Waals surface area contributed by atoms with Crippen LogP contribution < -0.4 is 11.5 Å². The van der Waals surface area contributed by atoms with E-state index in [1.165, 1.54) is 0 Å². The summed E-state index contributed by atoms with van der Waals surface area (Å²) in [7, 11) is 0. The Morgan fingerprint density at radius 1 is 1.20 bits per heavy atom. The van der Waals surface area contributed by atoms with Crippen molar-refractivity contribution < 1.29 is 24.2 Å². The number of carboxylic acid groups (broad SMARTS) is 1. The van der Waals surface area contributed by atoms with Crippen molar-refractivity contribution >= 4 is 17.8 Å². The minimum Gasteiger partial charge on any atom is -0.481 e. The lowest BCUT2D eigenvalue weighted by molar-refractivity contribution is -0.160. The van der Waals surface area contributed by atoms with Crippen LogP contribution in [0.2, 0.25) is 0 Å². The van der Waals surface area contributed by atoms with Gasteiger partial charge in [0.15, 0.2) is 5.92 Å². The van der Waals surface area contributed by atoms with Crippen molar-refractivity contribution in [1.29, 1.82) is 0 Å². The van der Waals surface area contributed by atoms with E-state index >= 15 is 0 Å². The number of primary amides is 1. The standard InChI is InChI=1S/C13H16N2O5/c14-10(11(15)16)6-9(12(17)18)13(19)20-7-8-4-2-1-3-5-8/h1-5,9-10H,6-7,14H2,(H2,15,16)(H,17,18). The van der Waals surface area contributed by atoms with Gasteiger partial charge in [0, 0.05) is 0 Å². The first-order valence-electron chi connectivity index (χ1n) is 5.90. The molecule has 0 fully saturated rings. The van der Waals surface area contributed by atoms with Crippen molar-refractivity contribution in [2.24, 2.45) is 17.4 Å². The van der Waals surface area contributed by atoms with E-state index in [2.05, 4.69) is 0 Å². The highest BCUT2D eigenvalue weighted by atomic mass is 16.5. The summed E-state index contributed by atoms with van der Waals surface area (Å²) in [4.78, 5) is 33.5. The van der Waals surface area contributed by atoms with Gasteiger partial charge in [-0.05, 0) is 12.0 Å². The number of hydrogen-bond donors (Lipinski definition) is 3. The van der Waals surface area contributed by atoms with E-state index in [-0.39, 0.29) is 6.61 Å². The normalized spacial score (nSPS) is 13.2. The highest BCUT2D eigenvalue weighted by molar-refractivity contribution is 5.94. The zero-order valence-electron chi connectivity index (χ0n) is 10.7. The molecular formula is C13H16N2O5. The van der Waals surface area contributed by atoms with Gasteiger partial charge in [0.05, 0.1) is 6.04 Å². The zero-order chi connectivity index (χ0) is 15.1. The zero-order valence-corrected chi connectivity index (χ0v) is 10.7. The second-order valence-electron chi connectivity index (χ2n) is 4.23. The summed E-state index contributed by atoms with van der Waals surface area (Å²) in [5.41, 5.74) is 11.0. The molecule has 2 atom stereocenters. The summed E-state index contributed by atoms with van der Waals surface area (Å²) in [6.07, 6.45) is -0.391. The molecule has 0 aromatic heterocycles. The third-order valence-corrected chi connectivity index (χ3v) is 2.66. The Hall–Kier alpha value is -2.41. The Labute approximate surface area is 115 Å². The SMILES string of the molecule is NC(=O)C(N)CC(C(=O)O)C(=O)OCc1ccccc1. The summed E-state index contributed by atoms with van der Waals surface area (Å²) < 4.78 is 4.90. The molecule has 7 heteroatoms. The number of carboxylic acids is 1. The molecule has 2 unspecified atom stereocenters. The fourth-order valence-electron chi connectivity index (χ4n) is 1.50. The van der Waals surface area contributed by atoms with Gasteiger partial charge in [-0.3, -0.25) is 14.4 Å². The van der Waals surface area contributed by atoms with Crippen molar-refractivity contribution in [3.63, 3.8) is 0 Å². The number of ether oxygens (including phenoxy) is 1. The first-order chi connectivity index (χ1) is 9.41. The highest BCUT2D eigenvalue weighted by Gasteiger charge is 2.31. The molecule has 7 nitrogen and oxygen atoms in total. The topological polar surface area (TPSA) is 133 Å². The summed E-state index contributed by atoms with van der Waals surface area (Å²) in [6, 6.07) is 7.59. The Morgan fingerprint density at radius 3 is 2.30 bits per heavy atom. The van der Waals surface area contributed by atoms with Gasteiger partial charge in [0.2, 0.25) is 5.91 Å². The van der Waals surface area contributed by atoms with E-state index in [0.717, 1.165) is 5.56 Å². The van der Waals surface area contributed by atoms with Crippen molar-refractivity contribution in [1.82, 2.24) is 0 Å². The van der Waals surface area contributed by atoms with Crippen LogP contribution in [0, 0.1) is 5.92 Å². The van der Waals surface area contributed by atoms with Crippen LogP contribution >= 0.6 is 0 Å². The lowest BCUT2D eigenvalue weighted by Gasteiger charge is -2.14. The van der Waals surface area contributed by atoms with Crippen molar-refractivity contribution in [2.75, 3.05) is 0 Å². The smallest absolute Gasteiger partial charge is 0.320 e. The fourth-order valence-corrected chi connectivity index (χ4v) is 1.50. The predicted octanol–water partition coefficient (Wildman–Crippen LogP) is -0.367. The third-order valence-electron chi connectivity index (χ3n) is 2.66. The van der Waals surface area contributed by atoms with Crippen LogP contribution in [0.3, 0.4) is 0 Å². The monoisotopic (exact) mass is 280 g/mol. The molecule has 0 saturated heterocycles. The Bertz CT molecular complexity index is 489. The number of benzene rings is 1. The first kappa shape index (κ1) is 15.6. The third kappa shape index (κ3) is 4.69. The Balaban J connectivity index is 2.61. The van der Waals surface area contributed by atoms with Gasteiger partial charge in [-0.15, -0.1) is 0 Å². The maximum absolute atomic E-state index is 11.7. The molecule has 5 N–H and O–H groups in total. The van der Waals surface area contributed by atoms with Gasteiger partial charge >= 0.3 is 11.9 Å². The molecule has 0 bridgehead atoms. The van der Waals surface area contributed by atoms with Gasteiger partial charge in [-0.2, -0.15) is 0 Å². The van der Waals surface area contributed by atoms with E-state index in [4.69, 9.17) is 21.3 Å². The van der Waals surface area contributed by atoms with Crippen LogP contribution in [0.5, 0.6) is 0 Å². The molecule has 0 heterocycles. The number of nitrogens with two attached hydrogens (primary N) is 2. The lowest BCUT2D eigenvalue weighted by atomic mass is 10.0. The van der Waals surface area contributed by atoms with E-state index in [9.17, 15) is 14.4 Å². The second kappa shape index (κ2) is 7.25. The fraction of sp³-hybridized carbons (Fsp3) is 0.308. The van der Waals surface area contributed by atoms with Crippen LogP contribution in [-0.2, 0) is 25.7 Å². The number of carbonyl (C=O) groups excluding carboxylic acids is 2. The number of hydrogen-bond acceptors (Lipinski definition) is 5. The van der Waals surface area contributed by atoms with Crippen LogP contribution in [0.4, 0.5) is 0 Å². The minimum absolute atomic E-state index is 0.0464. The van der Waals surface area contributed by atoms with Crippen LogP contribution in [0.15, 0.2) is 30.3 Å². The Kier molecular flexibility index (Phi) is 5.67. The number of aliphatic carboxylic acids is 1. The summed E-state index contributed by atoms with van der Waals surface area (Å²) in [5, 5.41) is 8.96. The van der Waals surface area contributed by atoms with E-state index in [1.54, 1.807) is 30.3 Å². The van der Waals surface area contributed by atoms with Crippen LogP contribution in [0.25, 0.3) is 0 Å². The molecule has 0 radical (unpaired) electrons. The van der Waals surface area contributed by atoms with Crippen molar-refractivity contribution in [2.45, 2.75) is 19.1 Å². The number of amides is 1. The summed E-state index contributed by atoms with van der Waals surface area (Å²) in [6.45, 7) is -0.0464. The van der Waals surface area contributed by atoms with Gasteiger partial charge in [0.25, 0.3) is 0 Å². The molecule has 108 valence electrons. The molecule has 0 saturated carbocycles. The summed E-state index contributed by atoms with van der Waals surface area (Å²) >= 11 is 0. The molecular weight excluding hydrogens is 264 g/mol. The van der Waals surface area contributed by atoms with Gasteiger partial charge in [-0.1, -0.05) is 30.3 Å². The maximum atomic E-state index is 11.7. The number of esters is 1. The molecule has 1 amide bonds. The molecule has 0 spiro atoms. The second-order valence-corrected chi connectivity index (χ2v) is 4.23. The maximum Gasteiger partial charge on any atom is 0.320 e. The molecule has 0 aliphatic heterocycles. The predicted molar refractivity (Wildman–Crippen MR) is 69.2 cm³/mol. The van der Waals surface area contributed by atoms with E-state index in [1.807, 2.05) is 0 Å². The van der Waals surface area contributed by atoms with Crippen LogP contribution in [-0.4, -0.2) is 29.0 Å². The van der Waals surface area contributed by atoms with Gasteiger partial charge in [0.1, 0.15) is 6.61 Å². The largest absolute Gasteiger partial charge is 0.481 e. The van der Waals surface area contributed by atoms with E-state index in [0.29, 0.717) is 0 Å². The molecule has 1 aromatic carbocycles.